The van der Waals surface area contributed by atoms with Crippen molar-refractivity contribution in [3.8, 4) is 5.75 Å². The lowest BCUT2D eigenvalue weighted by Gasteiger charge is -2.36. The lowest BCUT2D eigenvalue weighted by Crippen LogP contribution is -2.43. The first-order chi connectivity index (χ1) is 20.0. The van der Waals surface area contributed by atoms with Gasteiger partial charge in [0.2, 0.25) is 0 Å². The Morgan fingerprint density at radius 3 is 2.44 bits per heavy atom. The van der Waals surface area contributed by atoms with E-state index in [1.165, 1.54) is 0 Å². The molecule has 0 saturated heterocycles. The smallest absolute Gasteiger partial charge is 0.322 e. The number of aromatic nitrogens is 1. The van der Waals surface area contributed by atoms with Crippen molar-refractivity contribution in [1.29, 1.82) is 0 Å². The zero-order chi connectivity index (χ0) is 28.6. The molecule has 2 N–H and O–H groups in total. The summed E-state index contributed by atoms with van der Waals surface area (Å²) in [6.45, 7) is 3.53. The SMILES string of the molecule is COCCOCCOCCOc1ccc(C2c3[nH]c4ccc(Cl)cc4c3CCN2C(=O)Nc2ccccc2Cl)cc1. The lowest BCUT2D eigenvalue weighted by molar-refractivity contribution is 0.0180. The molecule has 0 radical (unpaired) electrons. The molecule has 1 atom stereocenters. The largest absolute Gasteiger partial charge is 0.491 e. The molecule has 41 heavy (non-hydrogen) atoms. The van der Waals surface area contributed by atoms with Crippen molar-refractivity contribution in [2.45, 2.75) is 12.5 Å². The molecule has 0 bridgehead atoms. The maximum absolute atomic E-state index is 13.6. The average molecular weight is 599 g/mol. The van der Waals surface area contributed by atoms with Gasteiger partial charge < -0.3 is 34.1 Å². The van der Waals surface area contributed by atoms with Crippen molar-refractivity contribution < 1.29 is 23.7 Å². The second-order valence-electron chi connectivity index (χ2n) is 9.60. The summed E-state index contributed by atoms with van der Waals surface area (Å²) in [5.41, 5.74) is 4.65. The van der Waals surface area contributed by atoms with Gasteiger partial charge in [0.05, 0.1) is 49.8 Å². The number of halogens is 2. The van der Waals surface area contributed by atoms with Crippen molar-refractivity contribution in [2.24, 2.45) is 0 Å². The fourth-order valence-electron chi connectivity index (χ4n) is 5.00. The summed E-state index contributed by atoms with van der Waals surface area (Å²) in [4.78, 5) is 19.0. The number of rotatable bonds is 12. The number of ether oxygens (including phenoxy) is 4. The van der Waals surface area contributed by atoms with E-state index in [0.29, 0.717) is 68.3 Å². The average Bonchev–Trinajstić information content (AvgIpc) is 3.35. The Labute approximate surface area is 249 Å². The lowest BCUT2D eigenvalue weighted by atomic mass is 9.92. The Kier molecular flexibility index (Phi) is 10.0. The molecule has 0 aliphatic carbocycles. The first-order valence-corrected chi connectivity index (χ1v) is 14.3. The Bertz CT molecular complexity index is 1460. The van der Waals surface area contributed by atoms with Crippen LogP contribution in [0.5, 0.6) is 5.75 Å². The van der Waals surface area contributed by atoms with Crippen LogP contribution >= 0.6 is 23.2 Å². The molecule has 8 nitrogen and oxygen atoms in total. The molecule has 1 aliphatic rings. The summed E-state index contributed by atoms with van der Waals surface area (Å²) in [6, 6.07) is 20.3. The Morgan fingerprint density at radius 1 is 0.951 bits per heavy atom. The molecule has 2 amide bonds. The van der Waals surface area contributed by atoms with Crippen LogP contribution in [0.4, 0.5) is 10.5 Å². The monoisotopic (exact) mass is 597 g/mol. The van der Waals surface area contributed by atoms with E-state index in [2.05, 4.69) is 10.3 Å². The minimum absolute atomic E-state index is 0.228. The number of hydrogen-bond acceptors (Lipinski definition) is 5. The molecule has 216 valence electrons. The fraction of sp³-hybridized carbons (Fsp3) is 0.323. The third kappa shape index (κ3) is 7.15. The zero-order valence-corrected chi connectivity index (χ0v) is 24.3. The van der Waals surface area contributed by atoms with E-state index >= 15 is 0 Å². The number of carbonyl (C=O) groups is 1. The minimum atomic E-state index is -0.345. The Morgan fingerprint density at radius 2 is 1.68 bits per heavy atom. The first-order valence-electron chi connectivity index (χ1n) is 13.5. The maximum Gasteiger partial charge on any atom is 0.322 e. The van der Waals surface area contributed by atoms with Crippen LogP contribution in [0.1, 0.15) is 22.9 Å². The molecule has 3 aromatic carbocycles. The summed E-state index contributed by atoms with van der Waals surface area (Å²) < 4.78 is 21.8. The Balaban J connectivity index is 1.31. The maximum atomic E-state index is 13.6. The molecule has 1 aromatic heterocycles. The summed E-state index contributed by atoms with van der Waals surface area (Å²) >= 11 is 12.7. The van der Waals surface area contributed by atoms with E-state index in [9.17, 15) is 4.79 Å². The molecule has 0 fully saturated rings. The highest BCUT2D eigenvalue weighted by Gasteiger charge is 2.35. The highest BCUT2D eigenvalue weighted by molar-refractivity contribution is 6.33. The molecule has 4 aromatic rings. The molecule has 1 unspecified atom stereocenters. The number of fused-ring (bicyclic) bond motifs is 3. The highest BCUT2D eigenvalue weighted by atomic mass is 35.5. The third-order valence-corrected chi connectivity index (χ3v) is 7.53. The van der Waals surface area contributed by atoms with Gasteiger partial charge in [-0.1, -0.05) is 47.5 Å². The van der Waals surface area contributed by atoms with Crippen LogP contribution in [-0.2, 0) is 20.6 Å². The number of methoxy groups -OCH3 is 1. The van der Waals surface area contributed by atoms with E-state index < -0.39 is 0 Å². The number of carbonyl (C=O) groups excluding carboxylic acids is 1. The van der Waals surface area contributed by atoms with Gasteiger partial charge in [0.25, 0.3) is 0 Å². The van der Waals surface area contributed by atoms with E-state index in [1.54, 1.807) is 19.2 Å². The van der Waals surface area contributed by atoms with Gasteiger partial charge in [-0.3, -0.25) is 0 Å². The Hall–Kier alpha value is -3.27. The molecule has 0 saturated carbocycles. The molecule has 5 rings (SSSR count). The van der Waals surface area contributed by atoms with Crippen LogP contribution in [0.15, 0.2) is 66.7 Å². The van der Waals surface area contributed by atoms with Crippen LogP contribution in [0.25, 0.3) is 10.9 Å². The van der Waals surface area contributed by atoms with Gasteiger partial charge >= 0.3 is 6.03 Å². The minimum Gasteiger partial charge on any atom is -0.491 e. The number of urea groups is 1. The third-order valence-electron chi connectivity index (χ3n) is 6.96. The summed E-state index contributed by atoms with van der Waals surface area (Å²) in [5.74, 6) is 0.722. The standard InChI is InChI=1S/C31H33Cl2N3O5/c1-38-14-15-39-16-17-40-18-19-41-23-9-6-21(7-10-23)30-29-24(25-20-22(32)8-11-27(25)34-29)12-13-36(30)31(37)35-28-5-3-2-4-26(28)33/h2-11,20,30,34H,12-19H2,1H3,(H,35,37). The normalized spacial score (nSPS) is 14.7. The van der Waals surface area contributed by atoms with Crippen molar-refractivity contribution in [3.05, 3.63) is 93.6 Å². The molecular weight excluding hydrogens is 565 g/mol. The topological polar surface area (TPSA) is 85.1 Å². The van der Waals surface area contributed by atoms with Crippen molar-refractivity contribution in [2.75, 3.05) is 58.6 Å². The second-order valence-corrected chi connectivity index (χ2v) is 10.4. The number of amides is 2. The van der Waals surface area contributed by atoms with Crippen LogP contribution in [0, 0.1) is 0 Å². The summed E-state index contributed by atoms with van der Waals surface area (Å²) in [6.07, 6.45) is 0.695. The van der Waals surface area contributed by atoms with Crippen LogP contribution < -0.4 is 10.1 Å². The predicted molar refractivity (Wildman–Crippen MR) is 161 cm³/mol. The van der Waals surface area contributed by atoms with Gasteiger partial charge in [0.1, 0.15) is 12.4 Å². The predicted octanol–water partition coefficient (Wildman–Crippen LogP) is 6.71. The van der Waals surface area contributed by atoms with Gasteiger partial charge in [-0.05, 0) is 60.0 Å². The molecule has 2 heterocycles. The number of anilines is 1. The summed E-state index contributed by atoms with van der Waals surface area (Å²) in [5, 5.41) is 5.23. The molecule has 0 spiro atoms. The first kappa shape index (κ1) is 29.2. The molecule has 10 heteroatoms. The second kappa shape index (κ2) is 14.1. The van der Waals surface area contributed by atoms with E-state index in [4.69, 9.17) is 42.1 Å². The number of hydrogen-bond donors (Lipinski definition) is 2. The van der Waals surface area contributed by atoms with Gasteiger partial charge in [0.15, 0.2) is 0 Å². The molecular formula is C31H33Cl2N3O5. The van der Waals surface area contributed by atoms with Crippen molar-refractivity contribution >= 4 is 45.8 Å². The molecule has 1 aliphatic heterocycles. The van der Waals surface area contributed by atoms with Gasteiger partial charge in [-0.15, -0.1) is 0 Å². The summed E-state index contributed by atoms with van der Waals surface area (Å²) in [7, 11) is 1.64. The van der Waals surface area contributed by atoms with Gasteiger partial charge in [-0.2, -0.15) is 0 Å². The van der Waals surface area contributed by atoms with Crippen LogP contribution in [-0.4, -0.2) is 69.2 Å². The van der Waals surface area contributed by atoms with Crippen molar-refractivity contribution in [3.63, 3.8) is 0 Å². The van der Waals surface area contributed by atoms with Crippen LogP contribution in [0.3, 0.4) is 0 Å². The highest BCUT2D eigenvalue weighted by Crippen LogP contribution is 2.40. The number of para-hydroxylation sites is 1. The fourth-order valence-corrected chi connectivity index (χ4v) is 5.36. The van der Waals surface area contributed by atoms with E-state index in [-0.39, 0.29) is 12.1 Å². The number of aromatic amines is 1. The van der Waals surface area contributed by atoms with Gasteiger partial charge in [0, 0.05) is 35.3 Å². The van der Waals surface area contributed by atoms with Gasteiger partial charge in [-0.25, -0.2) is 4.79 Å². The van der Waals surface area contributed by atoms with Crippen molar-refractivity contribution in [1.82, 2.24) is 9.88 Å². The van der Waals surface area contributed by atoms with E-state index in [0.717, 1.165) is 33.5 Å². The van der Waals surface area contributed by atoms with E-state index in [1.807, 2.05) is 59.5 Å². The number of H-pyrrole nitrogens is 1. The van der Waals surface area contributed by atoms with Crippen LogP contribution in [0.2, 0.25) is 10.0 Å². The number of nitrogens with one attached hydrogen (secondary N) is 2. The zero-order valence-electron chi connectivity index (χ0n) is 22.8. The number of nitrogens with zero attached hydrogens (tertiary/aromatic N) is 1. The number of benzene rings is 3. The quantitative estimate of drug-likeness (QED) is 0.177.